The summed E-state index contributed by atoms with van der Waals surface area (Å²) in [6.07, 6.45) is 3.68. The predicted octanol–water partition coefficient (Wildman–Crippen LogP) is 2.40. The second-order valence-electron chi connectivity index (χ2n) is 4.17. The van der Waals surface area contributed by atoms with Crippen molar-refractivity contribution in [2.75, 3.05) is 0 Å². The van der Waals surface area contributed by atoms with Crippen molar-refractivity contribution in [1.29, 1.82) is 0 Å². The van der Waals surface area contributed by atoms with Crippen molar-refractivity contribution in [3.05, 3.63) is 35.0 Å². The van der Waals surface area contributed by atoms with E-state index in [0.717, 1.165) is 35.7 Å². The SMILES string of the molecule is CCc1cc(CC)n(-c2nc(C)cnc2C)n1. The lowest BCUT2D eigenvalue weighted by atomic mass is 10.2. The molecular weight excluding hydrogens is 212 g/mol. The fourth-order valence-corrected chi connectivity index (χ4v) is 1.81. The van der Waals surface area contributed by atoms with Gasteiger partial charge in [-0.05, 0) is 32.8 Å². The highest BCUT2D eigenvalue weighted by Gasteiger charge is 2.11. The largest absolute Gasteiger partial charge is 0.256 e. The molecule has 17 heavy (non-hydrogen) atoms. The zero-order valence-corrected chi connectivity index (χ0v) is 10.9. The molecule has 2 aromatic rings. The van der Waals surface area contributed by atoms with Crippen LogP contribution in [0.2, 0.25) is 0 Å². The molecule has 4 nitrogen and oxygen atoms in total. The van der Waals surface area contributed by atoms with Gasteiger partial charge in [-0.1, -0.05) is 13.8 Å². The van der Waals surface area contributed by atoms with E-state index in [2.05, 4.69) is 35.0 Å². The molecule has 0 N–H and O–H groups in total. The minimum absolute atomic E-state index is 0.849. The van der Waals surface area contributed by atoms with Crippen LogP contribution in [0.25, 0.3) is 5.82 Å². The fourth-order valence-electron chi connectivity index (χ4n) is 1.81. The first-order valence-electron chi connectivity index (χ1n) is 6.04. The van der Waals surface area contributed by atoms with Gasteiger partial charge in [-0.25, -0.2) is 9.67 Å². The number of nitrogens with zero attached hydrogens (tertiary/aromatic N) is 4. The van der Waals surface area contributed by atoms with Gasteiger partial charge in [0.2, 0.25) is 0 Å². The van der Waals surface area contributed by atoms with Crippen LogP contribution in [0, 0.1) is 13.8 Å². The van der Waals surface area contributed by atoms with Crippen molar-refractivity contribution in [3.63, 3.8) is 0 Å². The Morgan fingerprint density at radius 3 is 2.59 bits per heavy atom. The number of aryl methyl sites for hydroxylation is 4. The summed E-state index contributed by atoms with van der Waals surface area (Å²) < 4.78 is 1.92. The molecule has 2 heterocycles. The molecule has 90 valence electrons. The summed E-state index contributed by atoms with van der Waals surface area (Å²) >= 11 is 0. The van der Waals surface area contributed by atoms with Crippen LogP contribution in [0.15, 0.2) is 12.3 Å². The predicted molar refractivity (Wildman–Crippen MR) is 67.4 cm³/mol. The number of hydrogen-bond donors (Lipinski definition) is 0. The standard InChI is InChI=1S/C13H18N4/c1-5-11-7-12(6-2)17(16-11)13-10(4)14-8-9(3)15-13/h7-8H,5-6H2,1-4H3. The van der Waals surface area contributed by atoms with Gasteiger partial charge in [0.05, 0.1) is 17.1 Å². The van der Waals surface area contributed by atoms with E-state index in [0.29, 0.717) is 0 Å². The summed E-state index contributed by atoms with van der Waals surface area (Å²) in [5.74, 6) is 0.849. The Kier molecular flexibility index (Phi) is 3.22. The molecule has 0 aliphatic heterocycles. The lowest BCUT2D eigenvalue weighted by Gasteiger charge is -2.07. The molecule has 0 unspecified atom stereocenters. The van der Waals surface area contributed by atoms with Gasteiger partial charge in [0.15, 0.2) is 5.82 Å². The van der Waals surface area contributed by atoms with Crippen molar-refractivity contribution >= 4 is 0 Å². The fraction of sp³-hybridized carbons (Fsp3) is 0.462. The molecule has 0 radical (unpaired) electrons. The van der Waals surface area contributed by atoms with Crippen LogP contribution in [0.1, 0.15) is 36.6 Å². The monoisotopic (exact) mass is 230 g/mol. The maximum Gasteiger partial charge on any atom is 0.175 e. The van der Waals surface area contributed by atoms with Crippen molar-refractivity contribution in [2.45, 2.75) is 40.5 Å². The Labute approximate surface area is 102 Å². The van der Waals surface area contributed by atoms with Gasteiger partial charge in [0, 0.05) is 11.9 Å². The van der Waals surface area contributed by atoms with Crippen LogP contribution in [0.4, 0.5) is 0 Å². The molecule has 0 amide bonds. The summed E-state index contributed by atoms with van der Waals surface area (Å²) in [6, 6.07) is 2.14. The Morgan fingerprint density at radius 1 is 1.18 bits per heavy atom. The first-order valence-corrected chi connectivity index (χ1v) is 6.04. The summed E-state index contributed by atoms with van der Waals surface area (Å²) in [4.78, 5) is 8.88. The normalized spacial score (nSPS) is 10.8. The first kappa shape index (κ1) is 11.8. The highest BCUT2D eigenvalue weighted by atomic mass is 15.3. The van der Waals surface area contributed by atoms with Crippen LogP contribution in [0.3, 0.4) is 0 Å². The van der Waals surface area contributed by atoms with E-state index in [1.807, 2.05) is 18.5 Å². The van der Waals surface area contributed by atoms with Gasteiger partial charge < -0.3 is 0 Å². The molecule has 4 heteroatoms. The van der Waals surface area contributed by atoms with Gasteiger partial charge >= 0.3 is 0 Å². The van der Waals surface area contributed by atoms with Gasteiger partial charge in [-0.3, -0.25) is 4.98 Å². The molecule has 0 bridgehead atoms. The van der Waals surface area contributed by atoms with Crippen molar-refractivity contribution < 1.29 is 0 Å². The molecule has 2 rings (SSSR count). The minimum atomic E-state index is 0.849. The molecule has 0 aromatic carbocycles. The van der Waals surface area contributed by atoms with E-state index < -0.39 is 0 Å². The Balaban J connectivity index is 2.58. The zero-order chi connectivity index (χ0) is 12.4. The smallest absolute Gasteiger partial charge is 0.175 e. The summed E-state index contributed by atoms with van der Waals surface area (Å²) in [7, 11) is 0. The number of rotatable bonds is 3. The molecule has 0 fully saturated rings. The van der Waals surface area contributed by atoms with E-state index in [-0.39, 0.29) is 0 Å². The van der Waals surface area contributed by atoms with E-state index in [1.54, 1.807) is 6.20 Å². The average Bonchev–Trinajstić information content (AvgIpc) is 2.75. The van der Waals surface area contributed by atoms with E-state index in [1.165, 1.54) is 5.69 Å². The maximum absolute atomic E-state index is 4.59. The van der Waals surface area contributed by atoms with Gasteiger partial charge in [-0.15, -0.1) is 0 Å². The lowest BCUT2D eigenvalue weighted by Crippen LogP contribution is -2.08. The topological polar surface area (TPSA) is 43.6 Å². The van der Waals surface area contributed by atoms with E-state index in [9.17, 15) is 0 Å². The summed E-state index contributed by atoms with van der Waals surface area (Å²) in [5.41, 5.74) is 4.12. The molecular formula is C13H18N4. The Hall–Kier alpha value is -1.71. The second kappa shape index (κ2) is 4.65. The average molecular weight is 230 g/mol. The molecule has 0 saturated heterocycles. The quantitative estimate of drug-likeness (QED) is 0.813. The molecule has 2 aromatic heterocycles. The summed E-state index contributed by atoms with van der Waals surface area (Å²) in [6.45, 7) is 8.16. The van der Waals surface area contributed by atoms with Crippen LogP contribution in [-0.2, 0) is 12.8 Å². The number of hydrogen-bond acceptors (Lipinski definition) is 3. The number of aromatic nitrogens is 4. The van der Waals surface area contributed by atoms with Gasteiger partial charge in [-0.2, -0.15) is 5.10 Å². The van der Waals surface area contributed by atoms with Gasteiger partial charge in [0.25, 0.3) is 0 Å². The van der Waals surface area contributed by atoms with Crippen molar-refractivity contribution in [3.8, 4) is 5.82 Å². The molecule has 0 spiro atoms. The Bertz CT molecular complexity index is 528. The van der Waals surface area contributed by atoms with Crippen LogP contribution in [0.5, 0.6) is 0 Å². The van der Waals surface area contributed by atoms with Gasteiger partial charge in [0.1, 0.15) is 0 Å². The van der Waals surface area contributed by atoms with Crippen molar-refractivity contribution in [2.24, 2.45) is 0 Å². The molecule has 0 aliphatic rings. The second-order valence-corrected chi connectivity index (χ2v) is 4.17. The Morgan fingerprint density at radius 2 is 1.94 bits per heavy atom. The highest BCUT2D eigenvalue weighted by Crippen LogP contribution is 2.14. The lowest BCUT2D eigenvalue weighted by molar-refractivity contribution is 0.754. The molecule has 0 aliphatic carbocycles. The van der Waals surface area contributed by atoms with E-state index in [4.69, 9.17) is 0 Å². The molecule has 0 saturated carbocycles. The van der Waals surface area contributed by atoms with Crippen molar-refractivity contribution in [1.82, 2.24) is 19.7 Å². The van der Waals surface area contributed by atoms with E-state index >= 15 is 0 Å². The maximum atomic E-state index is 4.59. The molecule has 0 atom stereocenters. The first-order chi connectivity index (χ1) is 8.15. The van der Waals surface area contributed by atoms with Crippen LogP contribution < -0.4 is 0 Å². The third-order valence-electron chi connectivity index (χ3n) is 2.81. The third-order valence-corrected chi connectivity index (χ3v) is 2.81. The summed E-state index contributed by atoms with van der Waals surface area (Å²) in [5, 5.41) is 4.59. The zero-order valence-electron chi connectivity index (χ0n) is 10.9. The highest BCUT2D eigenvalue weighted by molar-refractivity contribution is 5.31. The van der Waals surface area contributed by atoms with Crippen LogP contribution >= 0.6 is 0 Å². The minimum Gasteiger partial charge on any atom is -0.256 e. The van der Waals surface area contributed by atoms with Crippen LogP contribution in [-0.4, -0.2) is 19.7 Å². The third kappa shape index (κ3) is 2.20.